The lowest BCUT2D eigenvalue weighted by Crippen LogP contribution is -2.13. The van der Waals surface area contributed by atoms with Crippen molar-refractivity contribution in [2.24, 2.45) is 0 Å². The van der Waals surface area contributed by atoms with Gasteiger partial charge in [0.2, 0.25) is 5.95 Å². The Labute approximate surface area is 160 Å². The fourth-order valence-corrected chi connectivity index (χ4v) is 2.68. The molecule has 0 radical (unpaired) electrons. The highest BCUT2D eigenvalue weighted by atomic mass is 16.5. The molecule has 3 rings (SSSR count). The number of hydrogen-bond donors (Lipinski definition) is 2. The fraction of sp³-hybridized carbons (Fsp3) is 0.273. The van der Waals surface area contributed by atoms with Crippen LogP contribution in [0.1, 0.15) is 27.7 Å². The van der Waals surface area contributed by atoms with Crippen molar-refractivity contribution in [2.45, 2.75) is 39.8 Å². The molecule has 0 atom stereocenters. The molecule has 0 saturated carbocycles. The summed E-state index contributed by atoms with van der Waals surface area (Å²) in [5.74, 6) is 2.09. The van der Waals surface area contributed by atoms with E-state index in [1.165, 1.54) is 0 Å². The molecule has 5 heteroatoms. The first kappa shape index (κ1) is 18.7. The summed E-state index contributed by atoms with van der Waals surface area (Å²) >= 11 is 0. The molecule has 0 aliphatic rings. The van der Waals surface area contributed by atoms with Crippen molar-refractivity contribution in [3.8, 4) is 17.0 Å². The molecule has 0 amide bonds. The van der Waals surface area contributed by atoms with Crippen LogP contribution < -0.4 is 15.4 Å². The van der Waals surface area contributed by atoms with Crippen molar-refractivity contribution in [1.29, 1.82) is 0 Å². The molecule has 0 saturated heterocycles. The van der Waals surface area contributed by atoms with Gasteiger partial charge in [0.15, 0.2) is 0 Å². The summed E-state index contributed by atoms with van der Waals surface area (Å²) in [4.78, 5) is 9.33. The number of nitrogens with zero attached hydrogens (tertiary/aromatic N) is 2. The third-order valence-electron chi connectivity index (χ3n) is 3.73. The number of anilines is 3. The Morgan fingerprint density at radius 2 is 1.56 bits per heavy atom. The second kappa shape index (κ2) is 8.54. The van der Waals surface area contributed by atoms with Gasteiger partial charge in [0.05, 0.1) is 17.5 Å². The maximum Gasteiger partial charge on any atom is 0.229 e. The van der Waals surface area contributed by atoms with E-state index >= 15 is 0 Å². The minimum absolute atomic E-state index is 0.0858. The lowest BCUT2D eigenvalue weighted by Gasteiger charge is -2.16. The minimum Gasteiger partial charge on any atom is -0.489 e. The molecule has 0 spiro atoms. The zero-order valence-corrected chi connectivity index (χ0v) is 16.2. The van der Waals surface area contributed by atoms with Crippen LogP contribution in [0.4, 0.5) is 17.5 Å². The maximum absolute atomic E-state index is 5.89. The standard InChI is InChI=1S/C22H26N4O/c1-15(2)23-21-14-19(17-10-6-5-7-11-17)25-22(26-21)24-18-12-8-9-13-20(18)27-16(3)4/h5-16H,1-4H3,(H2,23,24,25,26). The van der Waals surface area contributed by atoms with Gasteiger partial charge in [0.1, 0.15) is 11.6 Å². The van der Waals surface area contributed by atoms with Crippen LogP contribution >= 0.6 is 0 Å². The van der Waals surface area contributed by atoms with E-state index in [2.05, 4.69) is 29.5 Å². The first-order valence-corrected chi connectivity index (χ1v) is 9.25. The predicted molar refractivity (Wildman–Crippen MR) is 112 cm³/mol. The SMILES string of the molecule is CC(C)Nc1cc(-c2ccccc2)nc(Nc2ccccc2OC(C)C)n1. The van der Waals surface area contributed by atoms with E-state index in [0.717, 1.165) is 28.5 Å². The van der Waals surface area contributed by atoms with Crippen LogP contribution in [0.25, 0.3) is 11.3 Å². The number of nitrogens with one attached hydrogen (secondary N) is 2. The van der Waals surface area contributed by atoms with Gasteiger partial charge in [0.25, 0.3) is 0 Å². The Morgan fingerprint density at radius 1 is 0.852 bits per heavy atom. The normalized spacial score (nSPS) is 10.9. The zero-order valence-electron chi connectivity index (χ0n) is 16.2. The van der Waals surface area contributed by atoms with E-state index < -0.39 is 0 Å². The molecule has 5 nitrogen and oxygen atoms in total. The van der Waals surface area contributed by atoms with Crippen LogP contribution in [0.5, 0.6) is 5.75 Å². The monoisotopic (exact) mass is 362 g/mol. The minimum atomic E-state index is 0.0858. The Bertz CT molecular complexity index is 878. The lowest BCUT2D eigenvalue weighted by atomic mass is 10.1. The molecule has 27 heavy (non-hydrogen) atoms. The third-order valence-corrected chi connectivity index (χ3v) is 3.73. The van der Waals surface area contributed by atoms with Crippen molar-refractivity contribution in [3.05, 3.63) is 60.7 Å². The molecular formula is C22H26N4O. The highest BCUT2D eigenvalue weighted by Gasteiger charge is 2.11. The van der Waals surface area contributed by atoms with Gasteiger partial charge in [-0.05, 0) is 39.8 Å². The zero-order chi connectivity index (χ0) is 19.2. The van der Waals surface area contributed by atoms with Crippen LogP contribution in [0, 0.1) is 0 Å². The van der Waals surface area contributed by atoms with Gasteiger partial charge in [-0.2, -0.15) is 4.98 Å². The highest BCUT2D eigenvalue weighted by Crippen LogP contribution is 2.29. The van der Waals surface area contributed by atoms with Gasteiger partial charge in [-0.1, -0.05) is 42.5 Å². The maximum atomic E-state index is 5.89. The molecule has 2 aromatic carbocycles. The van der Waals surface area contributed by atoms with Gasteiger partial charge in [-0.15, -0.1) is 0 Å². The van der Waals surface area contributed by atoms with Gasteiger partial charge >= 0.3 is 0 Å². The third kappa shape index (κ3) is 5.20. The average Bonchev–Trinajstić information content (AvgIpc) is 2.63. The molecule has 0 unspecified atom stereocenters. The smallest absolute Gasteiger partial charge is 0.229 e. The van der Waals surface area contributed by atoms with Crippen LogP contribution in [0.15, 0.2) is 60.7 Å². The number of para-hydroxylation sites is 2. The van der Waals surface area contributed by atoms with Crippen molar-refractivity contribution < 1.29 is 4.74 Å². The summed E-state index contributed by atoms with van der Waals surface area (Å²) in [7, 11) is 0. The van der Waals surface area contributed by atoms with Crippen molar-refractivity contribution in [3.63, 3.8) is 0 Å². The molecule has 2 N–H and O–H groups in total. The van der Waals surface area contributed by atoms with Crippen LogP contribution in [0.3, 0.4) is 0 Å². The highest BCUT2D eigenvalue weighted by molar-refractivity contribution is 5.68. The molecule has 0 aliphatic heterocycles. The van der Waals surface area contributed by atoms with E-state index in [0.29, 0.717) is 5.95 Å². The van der Waals surface area contributed by atoms with E-state index in [9.17, 15) is 0 Å². The van der Waals surface area contributed by atoms with Crippen LogP contribution in [-0.2, 0) is 0 Å². The Kier molecular flexibility index (Phi) is 5.91. The van der Waals surface area contributed by atoms with Crippen LogP contribution in [-0.4, -0.2) is 22.1 Å². The Hall–Kier alpha value is -3.08. The van der Waals surface area contributed by atoms with E-state index in [4.69, 9.17) is 9.72 Å². The number of aromatic nitrogens is 2. The summed E-state index contributed by atoms with van der Waals surface area (Å²) in [6.07, 6.45) is 0.0858. The van der Waals surface area contributed by atoms with E-state index in [-0.39, 0.29) is 12.1 Å². The van der Waals surface area contributed by atoms with Crippen molar-refractivity contribution in [2.75, 3.05) is 10.6 Å². The van der Waals surface area contributed by atoms with Gasteiger partial charge < -0.3 is 15.4 Å². The second-order valence-corrected chi connectivity index (χ2v) is 6.91. The number of rotatable bonds is 7. The molecule has 0 bridgehead atoms. The molecule has 140 valence electrons. The summed E-state index contributed by atoms with van der Waals surface area (Å²) in [6.45, 7) is 8.19. The largest absolute Gasteiger partial charge is 0.489 e. The second-order valence-electron chi connectivity index (χ2n) is 6.91. The van der Waals surface area contributed by atoms with Crippen molar-refractivity contribution >= 4 is 17.5 Å². The van der Waals surface area contributed by atoms with E-state index in [1.54, 1.807) is 0 Å². The van der Waals surface area contributed by atoms with Crippen molar-refractivity contribution in [1.82, 2.24) is 9.97 Å². The molecular weight excluding hydrogens is 336 g/mol. The molecule has 1 aromatic heterocycles. The molecule has 1 heterocycles. The molecule has 0 aliphatic carbocycles. The first-order chi connectivity index (χ1) is 13.0. The quantitative estimate of drug-likeness (QED) is 0.581. The summed E-state index contributed by atoms with van der Waals surface area (Å²) in [5, 5.41) is 6.68. The summed E-state index contributed by atoms with van der Waals surface area (Å²) in [5.41, 5.74) is 2.74. The summed E-state index contributed by atoms with van der Waals surface area (Å²) in [6, 6.07) is 20.2. The Balaban J connectivity index is 1.97. The van der Waals surface area contributed by atoms with Gasteiger partial charge in [-0.25, -0.2) is 4.98 Å². The first-order valence-electron chi connectivity index (χ1n) is 9.25. The molecule has 0 fully saturated rings. The van der Waals surface area contributed by atoms with Gasteiger partial charge in [-0.3, -0.25) is 0 Å². The van der Waals surface area contributed by atoms with Crippen LogP contribution in [0.2, 0.25) is 0 Å². The van der Waals surface area contributed by atoms with Gasteiger partial charge in [0, 0.05) is 17.7 Å². The number of ether oxygens (including phenoxy) is 1. The fourth-order valence-electron chi connectivity index (χ4n) is 2.68. The predicted octanol–water partition coefficient (Wildman–Crippen LogP) is 5.49. The topological polar surface area (TPSA) is 59.1 Å². The number of hydrogen-bond acceptors (Lipinski definition) is 5. The lowest BCUT2D eigenvalue weighted by molar-refractivity contribution is 0.244. The number of benzene rings is 2. The molecule has 3 aromatic rings. The Morgan fingerprint density at radius 3 is 2.26 bits per heavy atom. The summed E-state index contributed by atoms with van der Waals surface area (Å²) < 4.78 is 5.89. The van der Waals surface area contributed by atoms with E-state index in [1.807, 2.05) is 74.5 Å². The average molecular weight is 362 g/mol.